The summed E-state index contributed by atoms with van der Waals surface area (Å²) in [4.78, 5) is 54.9. The number of nitrogens with zero attached hydrogens (tertiary/aromatic N) is 2. The summed E-state index contributed by atoms with van der Waals surface area (Å²) in [7, 11) is 0. The number of ether oxygens (including phenoxy) is 1. The highest BCUT2D eigenvalue weighted by Gasteiger charge is 2.49. The largest absolute Gasteiger partial charge is 0.444 e. The number of hydrogen-bond donors (Lipinski definition) is 2. The minimum absolute atomic E-state index is 0.184. The monoisotopic (exact) mass is 470 g/mol. The highest BCUT2D eigenvalue weighted by molar-refractivity contribution is 6.23. The molecule has 3 fully saturated rings. The predicted octanol–water partition coefficient (Wildman–Crippen LogP) is 2.56. The number of anilines is 2. The van der Waals surface area contributed by atoms with E-state index in [4.69, 9.17) is 4.74 Å². The standard InChI is InChI=1S/C25H34N4O5/c1-25(2,3)34-24(33)29-14-11-18-19(15-29)27-23(32)20(21(18)30)22(31)26-16-7-9-17(10-8-16)28-12-5-4-6-13-28/h7-10,18-20H,4-6,11-15H2,1-3H3,(H,26,31)(H,27,32). The van der Waals surface area contributed by atoms with Crippen molar-refractivity contribution in [2.45, 2.75) is 58.1 Å². The molecule has 0 aromatic heterocycles. The maximum absolute atomic E-state index is 13.1. The fraction of sp³-hybridized carbons (Fsp3) is 0.600. The molecule has 184 valence electrons. The molecule has 34 heavy (non-hydrogen) atoms. The Bertz CT molecular complexity index is 949. The van der Waals surface area contributed by atoms with E-state index < -0.39 is 41.4 Å². The number of carbonyl (C=O) groups is 4. The molecule has 1 aromatic carbocycles. The number of ketones is 1. The molecular formula is C25H34N4O5. The molecule has 9 nitrogen and oxygen atoms in total. The van der Waals surface area contributed by atoms with Crippen molar-refractivity contribution in [2.24, 2.45) is 11.8 Å². The van der Waals surface area contributed by atoms with Crippen molar-refractivity contribution in [3.8, 4) is 0 Å². The molecule has 3 atom stereocenters. The van der Waals surface area contributed by atoms with E-state index in [2.05, 4.69) is 15.5 Å². The second-order valence-corrected chi connectivity index (χ2v) is 10.4. The van der Waals surface area contributed by atoms with Crippen LogP contribution in [0, 0.1) is 11.8 Å². The maximum Gasteiger partial charge on any atom is 0.410 e. The van der Waals surface area contributed by atoms with Gasteiger partial charge in [0.15, 0.2) is 11.7 Å². The lowest BCUT2D eigenvalue weighted by Gasteiger charge is -2.42. The highest BCUT2D eigenvalue weighted by atomic mass is 16.6. The van der Waals surface area contributed by atoms with E-state index in [1.807, 2.05) is 12.1 Å². The van der Waals surface area contributed by atoms with Crippen LogP contribution in [-0.4, -0.2) is 66.4 Å². The Labute approximate surface area is 200 Å². The third kappa shape index (κ3) is 5.34. The van der Waals surface area contributed by atoms with E-state index in [1.165, 1.54) is 24.2 Å². The van der Waals surface area contributed by atoms with Gasteiger partial charge in [0.05, 0.1) is 6.04 Å². The summed E-state index contributed by atoms with van der Waals surface area (Å²) in [6.07, 6.45) is 3.50. The van der Waals surface area contributed by atoms with Gasteiger partial charge in [-0.2, -0.15) is 0 Å². The fourth-order valence-electron chi connectivity index (χ4n) is 4.91. The lowest BCUT2D eigenvalue weighted by molar-refractivity contribution is -0.147. The van der Waals surface area contributed by atoms with Gasteiger partial charge in [0.25, 0.3) is 0 Å². The van der Waals surface area contributed by atoms with Crippen molar-refractivity contribution in [1.82, 2.24) is 10.2 Å². The van der Waals surface area contributed by atoms with Crippen molar-refractivity contribution in [3.63, 3.8) is 0 Å². The lowest BCUT2D eigenvalue weighted by Crippen LogP contribution is -2.64. The van der Waals surface area contributed by atoms with Gasteiger partial charge in [-0.3, -0.25) is 14.4 Å². The molecule has 9 heteroatoms. The number of fused-ring (bicyclic) bond motifs is 1. The maximum atomic E-state index is 13.1. The van der Waals surface area contributed by atoms with Crippen LogP contribution in [0.25, 0.3) is 0 Å². The first-order valence-electron chi connectivity index (χ1n) is 12.1. The van der Waals surface area contributed by atoms with E-state index in [-0.39, 0.29) is 12.3 Å². The Kier molecular flexibility index (Phi) is 6.81. The van der Waals surface area contributed by atoms with Crippen LogP contribution in [0.2, 0.25) is 0 Å². The minimum atomic E-state index is -1.39. The average Bonchev–Trinajstić information content (AvgIpc) is 2.78. The number of benzene rings is 1. The number of rotatable bonds is 3. The summed E-state index contributed by atoms with van der Waals surface area (Å²) in [5.41, 5.74) is 1.02. The number of carbonyl (C=O) groups excluding carboxylic acids is 4. The molecule has 3 unspecified atom stereocenters. The molecule has 4 rings (SSSR count). The summed E-state index contributed by atoms with van der Waals surface area (Å²) in [5.74, 6) is -3.54. The molecule has 0 spiro atoms. The number of nitrogens with one attached hydrogen (secondary N) is 2. The van der Waals surface area contributed by atoms with Gasteiger partial charge in [-0.25, -0.2) is 4.79 Å². The molecule has 0 aliphatic carbocycles. The molecule has 0 bridgehead atoms. The highest BCUT2D eigenvalue weighted by Crippen LogP contribution is 2.29. The molecule has 3 aliphatic heterocycles. The van der Waals surface area contributed by atoms with Crippen LogP contribution < -0.4 is 15.5 Å². The molecule has 0 radical (unpaired) electrons. The van der Waals surface area contributed by atoms with Gasteiger partial charge >= 0.3 is 6.09 Å². The minimum Gasteiger partial charge on any atom is -0.444 e. The zero-order chi connectivity index (χ0) is 24.5. The van der Waals surface area contributed by atoms with Crippen LogP contribution in [0.4, 0.5) is 16.2 Å². The van der Waals surface area contributed by atoms with E-state index in [9.17, 15) is 19.2 Å². The SMILES string of the molecule is CC(C)(C)OC(=O)N1CCC2C(=O)C(C(=O)Nc3ccc(N4CCCCC4)cc3)C(=O)NC2C1. The normalized spacial score (nSPS) is 25.3. The summed E-state index contributed by atoms with van der Waals surface area (Å²) in [6.45, 7) is 7.93. The molecular weight excluding hydrogens is 436 g/mol. The van der Waals surface area contributed by atoms with Crippen LogP contribution in [0.15, 0.2) is 24.3 Å². The number of hydrogen-bond acceptors (Lipinski definition) is 6. The average molecular weight is 471 g/mol. The lowest BCUT2D eigenvalue weighted by atomic mass is 9.78. The zero-order valence-corrected chi connectivity index (χ0v) is 20.1. The number of likely N-dealkylation sites (tertiary alicyclic amines) is 1. The summed E-state index contributed by atoms with van der Waals surface area (Å²) >= 11 is 0. The first-order chi connectivity index (χ1) is 16.1. The van der Waals surface area contributed by atoms with Crippen molar-refractivity contribution in [2.75, 3.05) is 36.4 Å². The van der Waals surface area contributed by atoms with E-state index in [0.29, 0.717) is 18.7 Å². The zero-order valence-electron chi connectivity index (χ0n) is 20.1. The van der Waals surface area contributed by atoms with Gasteiger partial charge in [0.2, 0.25) is 11.8 Å². The van der Waals surface area contributed by atoms with Crippen LogP contribution >= 0.6 is 0 Å². The van der Waals surface area contributed by atoms with Gasteiger partial charge in [-0.15, -0.1) is 0 Å². The summed E-state index contributed by atoms with van der Waals surface area (Å²) in [5, 5.41) is 5.52. The van der Waals surface area contributed by atoms with Crippen LogP contribution in [0.1, 0.15) is 46.5 Å². The van der Waals surface area contributed by atoms with Crippen molar-refractivity contribution in [1.29, 1.82) is 0 Å². The summed E-state index contributed by atoms with van der Waals surface area (Å²) < 4.78 is 5.41. The second-order valence-electron chi connectivity index (χ2n) is 10.4. The molecule has 3 heterocycles. The van der Waals surface area contributed by atoms with Crippen molar-refractivity contribution >= 4 is 35.1 Å². The van der Waals surface area contributed by atoms with Crippen LogP contribution in [0.5, 0.6) is 0 Å². The Morgan fingerprint density at radius 1 is 1.03 bits per heavy atom. The van der Waals surface area contributed by atoms with Gasteiger partial charge in [-0.05, 0) is 70.7 Å². The molecule has 1 aromatic rings. The Balaban J connectivity index is 1.37. The fourth-order valence-corrected chi connectivity index (χ4v) is 4.91. The Hall–Kier alpha value is -3.10. The predicted molar refractivity (Wildman–Crippen MR) is 127 cm³/mol. The van der Waals surface area contributed by atoms with Gasteiger partial charge < -0.3 is 25.2 Å². The topological polar surface area (TPSA) is 108 Å². The molecule has 2 N–H and O–H groups in total. The summed E-state index contributed by atoms with van der Waals surface area (Å²) in [6, 6.07) is 6.98. The third-order valence-corrected chi connectivity index (χ3v) is 6.62. The van der Waals surface area contributed by atoms with Gasteiger partial charge in [0.1, 0.15) is 5.60 Å². The Morgan fingerprint density at radius 3 is 2.35 bits per heavy atom. The third-order valence-electron chi connectivity index (χ3n) is 6.62. The van der Waals surface area contributed by atoms with Crippen LogP contribution in [-0.2, 0) is 19.1 Å². The second kappa shape index (κ2) is 9.64. The van der Waals surface area contributed by atoms with Gasteiger partial charge in [0, 0.05) is 43.5 Å². The number of amides is 3. The smallest absolute Gasteiger partial charge is 0.410 e. The first-order valence-corrected chi connectivity index (χ1v) is 12.1. The van der Waals surface area contributed by atoms with Gasteiger partial charge in [-0.1, -0.05) is 0 Å². The molecule has 3 aliphatic rings. The molecule has 3 saturated heterocycles. The first kappa shape index (κ1) is 24.0. The Morgan fingerprint density at radius 2 is 1.71 bits per heavy atom. The van der Waals surface area contributed by atoms with Crippen LogP contribution in [0.3, 0.4) is 0 Å². The number of piperidine rings is 3. The molecule has 3 amide bonds. The number of Topliss-reactive ketones (excluding diaryl/α,β-unsaturated/α-hetero) is 1. The van der Waals surface area contributed by atoms with Crippen molar-refractivity contribution < 1.29 is 23.9 Å². The molecule has 0 saturated carbocycles. The van der Waals surface area contributed by atoms with E-state index in [0.717, 1.165) is 18.8 Å². The van der Waals surface area contributed by atoms with Crippen molar-refractivity contribution in [3.05, 3.63) is 24.3 Å². The van der Waals surface area contributed by atoms with E-state index in [1.54, 1.807) is 32.9 Å². The van der Waals surface area contributed by atoms with E-state index >= 15 is 0 Å². The quantitative estimate of drug-likeness (QED) is 0.658.